The van der Waals surface area contributed by atoms with Crippen LogP contribution in [0, 0.1) is 6.92 Å². The number of rotatable bonds is 4. The van der Waals surface area contributed by atoms with E-state index in [-0.39, 0.29) is 0 Å². The third-order valence-corrected chi connectivity index (χ3v) is 2.97. The molecule has 5 nitrogen and oxygen atoms in total. The molecule has 2 aromatic rings. The summed E-state index contributed by atoms with van der Waals surface area (Å²) in [5, 5.41) is 12.2. The van der Waals surface area contributed by atoms with Crippen molar-refractivity contribution in [2.75, 3.05) is 5.32 Å². The van der Waals surface area contributed by atoms with Crippen LogP contribution in [-0.4, -0.2) is 19.6 Å². The number of nitrogens with zero attached hydrogens (tertiary/aromatic N) is 4. The zero-order chi connectivity index (χ0) is 13.3. The van der Waals surface area contributed by atoms with Crippen LogP contribution < -0.4 is 5.32 Å². The Morgan fingerprint density at radius 1 is 1.17 bits per heavy atom. The highest BCUT2D eigenvalue weighted by Gasteiger charge is 2.11. The van der Waals surface area contributed by atoms with Gasteiger partial charge in [0.2, 0.25) is 0 Å². The van der Waals surface area contributed by atoms with Crippen molar-refractivity contribution in [3.8, 4) is 0 Å². The molecule has 0 aliphatic carbocycles. The van der Waals surface area contributed by atoms with E-state index in [0.717, 1.165) is 23.6 Å². The number of aromatic nitrogens is 4. The van der Waals surface area contributed by atoms with Crippen LogP contribution in [0.5, 0.6) is 0 Å². The highest BCUT2D eigenvalue weighted by molar-refractivity contribution is 5.46. The monoisotopic (exact) mass is 247 g/mol. The van der Waals surface area contributed by atoms with Crippen molar-refractivity contribution in [3.05, 3.63) is 29.3 Å². The van der Waals surface area contributed by atoms with E-state index in [2.05, 4.69) is 35.6 Å². The van der Waals surface area contributed by atoms with Crippen LogP contribution in [0.2, 0.25) is 0 Å². The van der Waals surface area contributed by atoms with Crippen LogP contribution in [0.15, 0.2) is 12.4 Å². The molecule has 0 bridgehead atoms. The van der Waals surface area contributed by atoms with Crippen molar-refractivity contribution in [3.63, 3.8) is 0 Å². The number of nitrogens with one attached hydrogen (secondary N) is 1. The number of anilines is 1. The first kappa shape index (κ1) is 12.7. The number of aryl methyl sites for hydroxylation is 3. The second-order valence-corrected chi connectivity index (χ2v) is 5.02. The molecule has 0 aliphatic heterocycles. The average molecular weight is 247 g/mol. The van der Waals surface area contributed by atoms with Gasteiger partial charge in [0.1, 0.15) is 0 Å². The molecule has 2 aromatic heterocycles. The summed E-state index contributed by atoms with van der Waals surface area (Å²) in [6, 6.07) is 0. The summed E-state index contributed by atoms with van der Waals surface area (Å²) in [6.45, 7) is 7.13. The molecule has 0 saturated carbocycles. The van der Waals surface area contributed by atoms with E-state index in [4.69, 9.17) is 0 Å². The molecular formula is C13H21N5. The van der Waals surface area contributed by atoms with Gasteiger partial charge in [-0.3, -0.25) is 9.36 Å². The van der Waals surface area contributed by atoms with Gasteiger partial charge in [-0.1, -0.05) is 13.8 Å². The summed E-state index contributed by atoms with van der Waals surface area (Å²) < 4.78 is 3.70. The maximum absolute atomic E-state index is 4.51. The molecule has 0 spiro atoms. The van der Waals surface area contributed by atoms with E-state index in [1.807, 2.05) is 36.6 Å². The lowest BCUT2D eigenvalue weighted by Gasteiger charge is -2.07. The predicted molar refractivity (Wildman–Crippen MR) is 72.6 cm³/mol. The molecule has 18 heavy (non-hydrogen) atoms. The van der Waals surface area contributed by atoms with Gasteiger partial charge in [-0.15, -0.1) is 0 Å². The molecule has 98 valence electrons. The van der Waals surface area contributed by atoms with Crippen molar-refractivity contribution in [1.82, 2.24) is 19.6 Å². The number of hydrogen-bond donors (Lipinski definition) is 1. The minimum absolute atomic E-state index is 0.443. The Bertz CT molecular complexity index is 536. The molecule has 0 unspecified atom stereocenters. The summed E-state index contributed by atoms with van der Waals surface area (Å²) in [4.78, 5) is 0. The molecule has 0 radical (unpaired) electrons. The average Bonchev–Trinajstić information content (AvgIpc) is 2.79. The van der Waals surface area contributed by atoms with Crippen LogP contribution in [0.4, 0.5) is 5.69 Å². The van der Waals surface area contributed by atoms with E-state index in [0.29, 0.717) is 5.92 Å². The molecule has 1 N–H and O–H groups in total. The van der Waals surface area contributed by atoms with Gasteiger partial charge in [0, 0.05) is 38.6 Å². The zero-order valence-corrected chi connectivity index (χ0v) is 11.7. The fraction of sp³-hybridized carbons (Fsp3) is 0.538. The SMILES string of the molecule is Cc1nn(C)cc1NCc1cn(C)nc1C(C)C. The summed E-state index contributed by atoms with van der Waals surface area (Å²) in [5.74, 6) is 0.443. The Hall–Kier alpha value is -1.78. The zero-order valence-electron chi connectivity index (χ0n) is 11.7. The summed E-state index contributed by atoms with van der Waals surface area (Å²) in [6.07, 6.45) is 4.08. The van der Waals surface area contributed by atoms with E-state index in [1.54, 1.807) is 0 Å². The van der Waals surface area contributed by atoms with Crippen molar-refractivity contribution in [1.29, 1.82) is 0 Å². The van der Waals surface area contributed by atoms with Gasteiger partial charge >= 0.3 is 0 Å². The van der Waals surface area contributed by atoms with Crippen LogP contribution in [0.1, 0.15) is 36.7 Å². The first-order valence-electron chi connectivity index (χ1n) is 6.24. The topological polar surface area (TPSA) is 47.7 Å². The highest BCUT2D eigenvalue weighted by atomic mass is 15.3. The van der Waals surface area contributed by atoms with Crippen molar-refractivity contribution in [2.45, 2.75) is 33.2 Å². The Morgan fingerprint density at radius 3 is 2.39 bits per heavy atom. The largest absolute Gasteiger partial charge is 0.378 e. The smallest absolute Gasteiger partial charge is 0.0825 e. The van der Waals surface area contributed by atoms with Gasteiger partial charge in [-0.05, 0) is 12.8 Å². The van der Waals surface area contributed by atoms with E-state index < -0.39 is 0 Å². The third kappa shape index (κ3) is 2.55. The van der Waals surface area contributed by atoms with Gasteiger partial charge in [0.15, 0.2) is 0 Å². The molecule has 0 atom stereocenters. The van der Waals surface area contributed by atoms with Crippen molar-refractivity contribution >= 4 is 5.69 Å². The van der Waals surface area contributed by atoms with Gasteiger partial charge in [-0.2, -0.15) is 10.2 Å². The lowest BCUT2D eigenvalue weighted by atomic mass is 10.1. The van der Waals surface area contributed by atoms with Gasteiger partial charge in [0.25, 0.3) is 0 Å². The summed E-state index contributed by atoms with van der Waals surface area (Å²) >= 11 is 0. The quantitative estimate of drug-likeness (QED) is 0.901. The standard InChI is InChI=1S/C13H21N5/c1-9(2)13-11(7-17(4)16-13)6-14-12-8-18(5)15-10(12)3/h7-9,14H,6H2,1-5H3. The predicted octanol–water partition coefficient (Wildman–Crippen LogP) is 2.20. The Balaban J connectivity index is 2.13. The van der Waals surface area contributed by atoms with Gasteiger partial charge in [0.05, 0.1) is 17.1 Å². The molecule has 2 rings (SSSR count). The van der Waals surface area contributed by atoms with Crippen LogP contribution in [0.3, 0.4) is 0 Å². The van der Waals surface area contributed by atoms with E-state index >= 15 is 0 Å². The molecule has 0 saturated heterocycles. The summed E-state index contributed by atoms with van der Waals surface area (Å²) in [5.41, 5.74) is 4.51. The van der Waals surface area contributed by atoms with Crippen LogP contribution >= 0.6 is 0 Å². The second kappa shape index (κ2) is 4.84. The molecule has 0 fully saturated rings. The third-order valence-electron chi connectivity index (χ3n) is 2.97. The lowest BCUT2D eigenvalue weighted by Crippen LogP contribution is -2.02. The molecule has 5 heteroatoms. The van der Waals surface area contributed by atoms with Crippen molar-refractivity contribution < 1.29 is 0 Å². The first-order valence-corrected chi connectivity index (χ1v) is 6.24. The Morgan fingerprint density at radius 2 is 1.83 bits per heavy atom. The van der Waals surface area contributed by atoms with Crippen LogP contribution in [-0.2, 0) is 20.6 Å². The first-order chi connectivity index (χ1) is 8.47. The normalized spacial score (nSPS) is 11.2. The minimum Gasteiger partial charge on any atom is -0.378 e. The fourth-order valence-corrected chi connectivity index (χ4v) is 2.14. The van der Waals surface area contributed by atoms with E-state index in [9.17, 15) is 0 Å². The van der Waals surface area contributed by atoms with Gasteiger partial charge in [-0.25, -0.2) is 0 Å². The molecule has 0 aromatic carbocycles. The second-order valence-electron chi connectivity index (χ2n) is 5.02. The molecular weight excluding hydrogens is 226 g/mol. The lowest BCUT2D eigenvalue weighted by molar-refractivity contribution is 0.712. The molecule has 0 aliphatic rings. The summed E-state index contributed by atoms with van der Waals surface area (Å²) in [7, 11) is 3.90. The van der Waals surface area contributed by atoms with Crippen molar-refractivity contribution in [2.24, 2.45) is 14.1 Å². The Kier molecular flexibility index (Phi) is 3.41. The maximum atomic E-state index is 4.51. The fourth-order valence-electron chi connectivity index (χ4n) is 2.14. The highest BCUT2D eigenvalue weighted by Crippen LogP contribution is 2.19. The minimum atomic E-state index is 0.443. The molecule has 0 amide bonds. The van der Waals surface area contributed by atoms with Crippen LogP contribution in [0.25, 0.3) is 0 Å². The maximum Gasteiger partial charge on any atom is 0.0825 e. The molecule has 2 heterocycles. The van der Waals surface area contributed by atoms with Gasteiger partial charge < -0.3 is 5.32 Å². The van der Waals surface area contributed by atoms with E-state index in [1.165, 1.54) is 5.56 Å². The Labute approximate surface area is 108 Å². The number of hydrogen-bond acceptors (Lipinski definition) is 3.